The summed E-state index contributed by atoms with van der Waals surface area (Å²) in [5, 5.41) is 5.97. The van der Waals surface area contributed by atoms with Crippen molar-refractivity contribution in [3.05, 3.63) is 65.5 Å². The second-order valence-corrected chi connectivity index (χ2v) is 6.09. The topological polar surface area (TPSA) is 42.0 Å². The molecule has 0 saturated carbocycles. The highest BCUT2D eigenvalue weighted by Gasteiger charge is 2.06. The van der Waals surface area contributed by atoms with Crippen molar-refractivity contribution in [2.24, 2.45) is 0 Å². The van der Waals surface area contributed by atoms with Crippen molar-refractivity contribution in [2.45, 2.75) is 19.9 Å². The van der Waals surface area contributed by atoms with Gasteiger partial charge in [0.1, 0.15) is 5.01 Å². The molecule has 0 aliphatic rings. The highest BCUT2D eigenvalue weighted by Crippen LogP contribution is 2.28. The van der Waals surface area contributed by atoms with Crippen molar-refractivity contribution in [3.63, 3.8) is 0 Å². The van der Waals surface area contributed by atoms with Crippen LogP contribution in [0.5, 0.6) is 0 Å². The van der Waals surface area contributed by atoms with Crippen LogP contribution in [-0.2, 0) is 11.3 Å². The maximum absolute atomic E-state index is 11.3. The van der Waals surface area contributed by atoms with Crippen LogP contribution in [0.1, 0.15) is 18.9 Å². The van der Waals surface area contributed by atoms with Gasteiger partial charge in [0.05, 0.1) is 5.69 Å². The Morgan fingerprint density at radius 1 is 1.04 bits per heavy atom. The van der Waals surface area contributed by atoms with Crippen LogP contribution in [0, 0.1) is 0 Å². The third kappa shape index (κ3) is 3.85. The normalized spacial score (nSPS) is 10.5. The van der Waals surface area contributed by atoms with E-state index in [1.54, 1.807) is 11.3 Å². The number of rotatable bonds is 5. The van der Waals surface area contributed by atoms with Crippen molar-refractivity contribution in [2.75, 3.05) is 0 Å². The number of nitrogens with zero attached hydrogens (tertiary/aromatic N) is 1. The van der Waals surface area contributed by atoms with Gasteiger partial charge in [-0.05, 0) is 5.56 Å². The van der Waals surface area contributed by atoms with Crippen LogP contribution in [0.4, 0.5) is 0 Å². The molecule has 1 aromatic heterocycles. The van der Waals surface area contributed by atoms with Crippen LogP contribution < -0.4 is 5.32 Å². The molecule has 1 N–H and O–H groups in total. The number of thiazole rings is 1. The lowest BCUT2D eigenvalue weighted by Gasteiger charge is -2.04. The molecule has 0 bridgehead atoms. The highest BCUT2D eigenvalue weighted by molar-refractivity contribution is 7.13. The minimum atomic E-state index is 0.0708. The maximum atomic E-state index is 11.3. The first-order valence-corrected chi connectivity index (χ1v) is 8.51. The predicted octanol–water partition coefficient (Wildman–Crippen LogP) is 4.50. The van der Waals surface area contributed by atoms with Crippen molar-refractivity contribution < 1.29 is 4.79 Å². The quantitative estimate of drug-likeness (QED) is 0.751. The van der Waals surface area contributed by atoms with Gasteiger partial charge in [0.15, 0.2) is 0 Å². The van der Waals surface area contributed by atoms with Gasteiger partial charge in [0.25, 0.3) is 0 Å². The zero-order chi connectivity index (χ0) is 16.1. The second kappa shape index (κ2) is 7.20. The van der Waals surface area contributed by atoms with Gasteiger partial charge in [0.2, 0.25) is 5.91 Å². The van der Waals surface area contributed by atoms with E-state index in [1.165, 1.54) is 0 Å². The summed E-state index contributed by atoms with van der Waals surface area (Å²) in [6.45, 7) is 2.42. The minimum absolute atomic E-state index is 0.0708. The third-order valence-corrected chi connectivity index (χ3v) is 4.48. The van der Waals surface area contributed by atoms with Gasteiger partial charge >= 0.3 is 0 Å². The molecule has 0 atom stereocenters. The summed E-state index contributed by atoms with van der Waals surface area (Å²) in [6, 6.07) is 18.4. The Labute approximate surface area is 140 Å². The Hall–Kier alpha value is -2.46. The van der Waals surface area contributed by atoms with Crippen molar-refractivity contribution >= 4 is 17.2 Å². The second-order valence-electron chi connectivity index (χ2n) is 5.23. The zero-order valence-electron chi connectivity index (χ0n) is 13.0. The summed E-state index contributed by atoms with van der Waals surface area (Å²) < 4.78 is 0. The number of carbonyl (C=O) groups is 1. The number of nitrogens with one attached hydrogen (secondary N) is 1. The first-order valence-electron chi connectivity index (χ1n) is 7.63. The number of aromatic nitrogens is 1. The van der Waals surface area contributed by atoms with Crippen LogP contribution in [0.3, 0.4) is 0 Å². The van der Waals surface area contributed by atoms with Gasteiger partial charge in [0, 0.05) is 29.5 Å². The molecule has 23 heavy (non-hydrogen) atoms. The number of hydrogen-bond donors (Lipinski definition) is 1. The minimum Gasteiger partial charge on any atom is -0.352 e. The number of amides is 1. The fraction of sp³-hybridized carbons (Fsp3) is 0.158. The lowest BCUT2D eigenvalue weighted by Crippen LogP contribution is -2.21. The van der Waals surface area contributed by atoms with E-state index in [2.05, 4.69) is 35.0 Å². The molecule has 3 aromatic rings. The average Bonchev–Trinajstić information content (AvgIpc) is 3.11. The van der Waals surface area contributed by atoms with Gasteiger partial charge in [-0.2, -0.15) is 0 Å². The van der Waals surface area contributed by atoms with E-state index >= 15 is 0 Å². The standard InChI is InChI=1S/C19H18N2OS/c1-2-18(22)20-12-14-8-10-16(11-9-14)19-21-17(13-23-19)15-6-4-3-5-7-15/h3-11,13H,2,12H2,1H3,(H,20,22). The summed E-state index contributed by atoms with van der Waals surface area (Å²) in [5.41, 5.74) is 4.33. The fourth-order valence-corrected chi connectivity index (χ4v) is 3.07. The molecular formula is C19H18N2OS. The fourth-order valence-electron chi connectivity index (χ4n) is 2.24. The molecule has 0 fully saturated rings. The molecular weight excluding hydrogens is 304 g/mol. The van der Waals surface area contributed by atoms with Crippen molar-refractivity contribution in [1.29, 1.82) is 0 Å². The largest absolute Gasteiger partial charge is 0.352 e. The summed E-state index contributed by atoms with van der Waals surface area (Å²) >= 11 is 1.64. The van der Waals surface area contributed by atoms with Crippen LogP contribution in [0.15, 0.2) is 60.0 Å². The van der Waals surface area contributed by atoms with Crippen LogP contribution in [-0.4, -0.2) is 10.9 Å². The van der Waals surface area contributed by atoms with E-state index in [4.69, 9.17) is 4.98 Å². The molecule has 4 heteroatoms. The Balaban J connectivity index is 1.73. The van der Waals surface area contributed by atoms with E-state index in [0.29, 0.717) is 13.0 Å². The van der Waals surface area contributed by atoms with Crippen LogP contribution >= 0.6 is 11.3 Å². The number of hydrogen-bond acceptors (Lipinski definition) is 3. The molecule has 0 spiro atoms. The number of benzene rings is 2. The van der Waals surface area contributed by atoms with Crippen molar-refractivity contribution in [3.8, 4) is 21.8 Å². The van der Waals surface area contributed by atoms with Gasteiger partial charge < -0.3 is 5.32 Å². The molecule has 0 aliphatic heterocycles. The van der Waals surface area contributed by atoms with Crippen LogP contribution in [0.25, 0.3) is 21.8 Å². The molecule has 0 radical (unpaired) electrons. The van der Waals surface area contributed by atoms with E-state index in [0.717, 1.165) is 27.4 Å². The molecule has 3 rings (SSSR count). The smallest absolute Gasteiger partial charge is 0.219 e. The van der Waals surface area contributed by atoms with Gasteiger partial charge in [-0.15, -0.1) is 11.3 Å². The molecule has 3 nitrogen and oxygen atoms in total. The molecule has 0 aliphatic carbocycles. The first kappa shape index (κ1) is 15.4. The Bertz CT molecular complexity index is 779. The SMILES string of the molecule is CCC(=O)NCc1ccc(-c2nc(-c3ccccc3)cs2)cc1. The maximum Gasteiger partial charge on any atom is 0.219 e. The zero-order valence-corrected chi connectivity index (χ0v) is 13.8. The summed E-state index contributed by atoms with van der Waals surface area (Å²) in [7, 11) is 0. The number of carbonyl (C=O) groups excluding carboxylic acids is 1. The average molecular weight is 322 g/mol. The Morgan fingerprint density at radius 3 is 2.48 bits per heavy atom. The van der Waals surface area contributed by atoms with E-state index in [9.17, 15) is 4.79 Å². The molecule has 0 saturated heterocycles. The summed E-state index contributed by atoms with van der Waals surface area (Å²) in [4.78, 5) is 16.0. The molecule has 1 heterocycles. The highest BCUT2D eigenvalue weighted by atomic mass is 32.1. The summed E-state index contributed by atoms with van der Waals surface area (Å²) in [5.74, 6) is 0.0708. The van der Waals surface area contributed by atoms with Gasteiger partial charge in [-0.25, -0.2) is 4.98 Å². The van der Waals surface area contributed by atoms with E-state index in [-0.39, 0.29) is 5.91 Å². The van der Waals surface area contributed by atoms with Gasteiger partial charge in [-0.3, -0.25) is 4.79 Å². The van der Waals surface area contributed by atoms with E-state index < -0.39 is 0 Å². The third-order valence-electron chi connectivity index (χ3n) is 3.59. The monoisotopic (exact) mass is 322 g/mol. The van der Waals surface area contributed by atoms with Crippen molar-refractivity contribution in [1.82, 2.24) is 10.3 Å². The molecule has 0 unspecified atom stereocenters. The summed E-state index contributed by atoms with van der Waals surface area (Å²) in [6.07, 6.45) is 0.513. The lowest BCUT2D eigenvalue weighted by molar-refractivity contribution is -0.120. The first-order chi connectivity index (χ1) is 11.3. The lowest BCUT2D eigenvalue weighted by atomic mass is 10.1. The van der Waals surface area contributed by atoms with Gasteiger partial charge in [-0.1, -0.05) is 61.5 Å². The molecule has 1 amide bonds. The molecule has 116 valence electrons. The molecule has 2 aromatic carbocycles. The van der Waals surface area contributed by atoms with Crippen LogP contribution in [0.2, 0.25) is 0 Å². The Morgan fingerprint density at radius 2 is 1.78 bits per heavy atom. The Kier molecular flexibility index (Phi) is 4.83. The van der Waals surface area contributed by atoms with E-state index in [1.807, 2.05) is 37.3 Å². The predicted molar refractivity (Wildman–Crippen MR) is 95.1 cm³/mol.